The summed E-state index contributed by atoms with van der Waals surface area (Å²) in [5, 5.41) is 12.8. The number of benzene rings is 1. The zero-order valence-corrected chi connectivity index (χ0v) is 13.3. The van der Waals surface area contributed by atoms with Crippen LogP contribution in [0.25, 0.3) is 5.82 Å². The number of carbonyl (C=O) groups is 1. The van der Waals surface area contributed by atoms with Crippen LogP contribution < -0.4 is 5.32 Å². The number of rotatable bonds is 6. The molecule has 0 fully saturated rings. The van der Waals surface area contributed by atoms with Crippen LogP contribution in [0.5, 0.6) is 0 Å². The summed E-state index contributed by atoms with van der Waals surface area (Å²) < 4.78 is 14.9. The van der Waals surface area contributed by atoms with Crippen LogP contribution in [0, 0.1) is 5.82 Å². The zero-order valence-electron chi connectivity index (χ0n) is 13.3. The third-order valence-corrected chi connectivity index (χ3v) is 3.68. The molecule has 3 rings (SSSR count). The van der Waals surface area contributed by atoms with Gasteiger partial charge in [0.15, 0.2) is 0 Å². The highest BCUT2D eigenvalue weighted by molar-refractivity contribution is 5.76. The van der Waals surface area contributed by atoms with Crippen molar-refractivity contribution in [2.45, 2.75) is 19.1 Å². The number of aromatic nitrogens is 3. The van der Waals surface area contributed by atoms with E-state index in [1.54, 1.807) is 41.6 Å². The molecule has 0 radical (unpaired) electrons. The molecule has 0 aliphatic carbocycles. The number of halogens is 1. The molecule has 1 aromatic carbocycles. The summed E-state index contributed by atoms with van der Waals surface area (Å²) in [7, 11) is 0. The Labute approximate surface area is 144 Å². The first-order valence-corrected chi connectivity index (χ1v) is 7.75. The number of imidazole rings is 1. The maximum atomic E-state index is 13.2. The molecule has 3 aromatic rings. The summed E-state index contributed by atoms with van der Waals surface area (Å²) >= 11 is 0. The van der Waals surface area contributed by atoms with Crippen molar-refractivity contribution in [2.75, 3.05) is 0 Å². The number of nitrogens with zero attached hydrogens (tertiary/aromatic N) is 3. The molecule has 0 aliphatic rings. The van der Waals surface area contributed by atoms with E-state index in [2.05, 4.69) is 15.3 Å². The fraction of sp³-hybridized carbons (Fsp3) is 0.167. The number of carbonyl (C=O) groups excluding carboxylic acids is 1. The molecule has 2 N–H and O–H groups in total. The van der Waals surface area contributed by atoms with Gasteiger partial charge in [-0.1, -0.05) is 12.1 Å². The van der Waals surface area contributed by atoms with Crippen LogP contribution >= 0.6 is 0 Å². The van der Waals surface area contributed by atoms with Gasteiger partial charge < -0.3 is 10.4 Å². The number of hydrogen-bond donors (Lipinski definition) is 2. The molecule has 2 aromatic heterocycles. The Morgan fingerprint density at radius 1 is 1.28 bits per heavy atom. The maximum Gasteiger partial charge on any atom is 0.223 e. The van der Waals surface area contributed by atoms with Gasteiger partial charge in [-0.3, -0.25) is 9.36 Å². The molecule has 0 saturated carbocycles. The smallest absolute Gasteiger partial charge is 0.223 e. The molecule has 1 amide bonds. The van der Waals surface area contributed by atoms with E-state index in [4.69, 9.17) is 0 Å². The van der Waals surface area contributed by atoms with Crippen LogP contribution in [0.4, 0.5) is 4.39 Å². The first-order chi connectivity index (χ1) is 12.1. The van der Waals surface area contributed by atoms with E-state index in [9.17, 15) is 14.3 Å². The lowest BCUT2D eigenvalue weighted by atomic mass is 10.1. The van der Waals surface area contributed by atoms with Crippen LogP contribution in [-0.2, 0) is 11.3 Å². The molecule has 2 heterocycles. The van der Waals surface area contributed by atoms with Gasteiger partial charge in [-0.15, -0.1) is 0 Å². The third-order valence-electron chi connectivity index (χ3n) is 3.68. The second kappa shape index (κ2) is 7.67. The van der Waals surface area contributed by atoms with Gasteiger partial charge in [-0.25, -0.2) is 14.4 Å². The Morgan fingerprint density at radius 2 is 2.16 bits per heavy atom. The molecule has 6 nitrogen and oxygen atoms in total. The second-order valence-corrected chi connectivity index (χ2v) is 5.54. The van der Waals surface area contributed by atoms with Crippen molar-refractivity contribution >= 4 is 5.91 Å². The van der Waals surface area contributed by atoms with Crippen molar-refractivity contribution < 1.29 is 14.3 Å². The number of aliphatic hydroxyl groups excluding tert-OH is 1. The summed E-state index contributed by atoms with van der Waals surface area (Å²) in [6.07, 6.45) is 5.54. The summed E-state index contributed by atoms with van der Waals surface area (Å²) in [5.41, 5.74) is 1.24. The van der Waals surface area contributed by atoms with Gasteiger partial charge in [0.25, 0.3) is 0 Å². The topological polar surface area (TPSA) is 80.0 Å². The van der Waals surface area contributed by atoms with E-state index in [1.165, 1.54) is 18.2 Å². The molecule has 128 valence electrons. The second-order valence-electron chi connectivity index (χ2n) is 5.54. The predicted octanol–water partition coefficient (Wildman–Crippen LogP) is 2.15. The van der Waals surface area contributed by atoms with Crippen LogP contribution in [-0.4, -0.2) is 25.5 Å². The van der Waals surface area contributed by atoms with E-state index in [1.807, 2.05) is 6.07 Å². The normalized spacial score (nSPS) is 11.9. The highest BCUT2D eigenvalue weighted by atomic mass is 19.1. The number of pyridine rings is 1. The Bertz CT molecular complexity index is 852. The Kier molecular flexibility index (Phi) is 5.15. The van der Waals surface area contributed by atoms with Gasteiger partial charge in [-0.05, 0) is 35.4 Å². The van der Waals surface area contributed by atoms with Crippen LogP contribution in [0.1, 0.15) is 23.7 Å². The molecule has 1 unspecified atom stereocenters. The van der Waals surface area contributed by atoms with Crippen molar-refractivity contribution in [1.82, 2.24) is 19.9 Å². The van der Waals surface area contributed by atoms with E-state index in [0.717, 1.165) is 5.56 Å². The van der Waals surface area contributed by atoms with E-state index < -0.39 is 11.9 Å². The maximum absolute atomic E-state index is 13.2. The summed E-state index contributed by atoms with van der Waals surface area (Å²) in [5.74, 6) is -0.0671. The summed E-state index contributed by atoms with van der Waals surface area (Å²) in [6.45, 7) is 0.304. The quantitative estimate of drug-likeness (QED) is 0.720. The fourth-order valence-corrected chi connectivity index (χ4v) is 2.39. The Morgan fingerprint density at radius 3 is 2.92 bits per heavy atom. The van der Waals surface area contributed by atoms with Gasteiger partial charge in [0.05, 0.1) is 12.5 Å². The van der Waals surface area contributed by atoms with Crippen molar-refractivity contribution in [3.8, 4) is 5.82 Å². The molecule has 0 bridgehead atoms. The third kappa shape index (κ3) is 4.48. The lowest BCUT2D eigenvalue weighted by molar-refractivity contribution is -0.123. The highest BCUT2D eigenvalue weighted by Crippen LogP contribution is 2.17. The molecule has 0 aliphatic heterocycles. The number of aliphatic hydroxyl groups is 1. The van der Waals surface area contributed by atoms with E-state index in [0.29, 0.717) is 17.9 Å². The number of amides is 1. The molecule has 0 saturated heterocycles. The molecular formula is C18H17FN4O2. The summed E-state index contributed by atoms with van der Waals surface area (Å²) in [6, 6.07) is 9.23. The highest BCUT2D eigenvalue weighted by Gasteiger charge is 2.13. The minimum Gasteiger partial charge on any atom is -0.388 e. The van der Waals surface area contributed by atoms with Gasteiger partial charge in [0.2, 0.25) is 5.91 Å². The first-order valence-electron chi connectivity index (χ1n) is 7.75. The van der Waals surface area contributed by atoms with E-state index in [-0.39, 0.29) is 12.3 Å². The van der Waals surface area contributed by atoms with Crippen LogP contribution in [0.2, 0.25) is 0 Å². The lowest BCUT2D eigenvalue weighted by Crippen LogP contribution is -2.24. The van der Waals surface area contributed by atoms with Crippen molar-refractivity contribution in [3.05, 3.63) is 78.3 Å². The molecule has 25 heavy (non-hydrogen) atoms. The standard InChI is InChI=1S/C18H17FN4O2/c19-15-3-1-2-14(9-15)16(24)10-18(25)22-11-13-4-5-21-17(8-13)23-7-6-20-12-23/h1-9,12,16,24H,10-11H2,(H,22,25). The molecule has 1 atom stereocenters. The van der Waals surface area contributed by atoms with Gasteiger partial charge in [-0.2, -0.15) is 0 Å². The fourth-order valence-electron chi connectivity index (χ4n) is 2.39. The lowest BCUT2D eigenvalue weighted by Gasteiger charge is -2.12. The van der Waals surface area contributed by atoms with Crippen LogP contribution in [0.3, 0.4) is 0 Å². The average Bonchev–Trinajstić information content (AvgIpc) is 3.15. The number of nitrogens with one attached hydrogen (secondary N) is 1. The van der Waals surface area contributed by atoms with Gasteiger partial charge >= 0.3 is 0 Å². The van der Waals surface area contributed by atoms with Crippen molar-refractivity contribution in [1.29, 1.82) is 0 Å². The Hall–Kier alpha value is -3.06. The van der Waals surface area contributed by atoms with Crippen LogP contribution in [0.15, 0.2) is 61.3 Å². The molecule has 7 heteroatoms. The minimum atomic E-state index is -1.05. The van der Waals surface area contributed by atoms with Crippen molar-refractivity contribution in [2.24, 2.45) is 0 Å². The Balaban J connectivity index is 1.56. The first kappa shape index (κ1) is 16.8. The summed E-state index contributed by atoms with van der Waals surface area (Å²) in [4.78, 5) is 20.2. The minimum absolute atomic E-state index is 0.136. The monoisotopic (exact) mass is 340 g/mol. The predicted molar refractivity (Wildman–Crippen MR) is 89.2 cm³/mol. The average molecular weight is 340 g/mol. The number of hydrogen-bond acceptors (Lipinski definition) is 4. The molecular weight excluding hydrogens is 323 g/mol. The SMILES string of the molecule is O=C(CC(O)c1cccc(F)c1)NCc1ccnc(-n2ccnc2)c1. The van der Waals surface area contributed by atoms with Gasteiger partial charge in [0, 0.05) is 25.1 Å². The van der Waals surface area contributed by atoms with Gasteiger partial charge in [0.1, 0.15) is 18.0 Å². The van der Waals surface area contributed by atoms with E-state index >= 15 is 0 Å². The zero-order chi connectivity index (χ0) is 17.6. The van der Waals surface area contributed by atoms with Crippen molar-refractivity contribution in [3.63, 3.8) is 0 Å². The molecule has 0 spiro atoms. The largest absolute Gasteiger partial charge is 0.388 e.